The van der Waals surface area contributed by atoms with E-state index in [1.54, 1.807) is 0 Å². The summed E-state index contributed by atoms with van der Waals surface area (Å²) in [4.78, 5) is 0. The highest BCUT2D eigenvalue weighted by atomic mass is 16.5. The molecule has 0 saturated carbocycles. The molecule has 104 valence electrons. The van der Waals surface area contributed by atoms with Gasteiger partial charge in [-0.1, -0.05) is 30.3 Å². The van der Waals surface area contributed by atoms with E-state index in [-0.39, 0.29) is 0 Å². The Balaban J connectivity index is 1.81. The normalized spacial score (nSPS) is 13.8. The molecule has 0 aliphatic carbocycles. The predicted molar refractivity (Wildman–Crippen MR) is 79.8 cm³/mol. The average molecular weight is 269 g/mol. The van der Waals surface area contributed by atoms with Crippen molar-refractivity contribution in [3.8, 4) is 16.9 Å². The molecule has 3 nitrogen and oxygen atoms in total. The van der Waals surface area contributed by atoms with Crippen LogP contribution in [0.1, 0.15) is 11.1 Å². The van der Waals surface area contributed by atoms with Crippen LogP contribution in [0.3, 0.4) is 0 Å². The largest absolute Gasteiger partial charge is 0.492 e. The molecular weight excluding hydrogens is 250 g/mol. The second-order valence-electron chi connectivity index (χ2n) is 4.95. The lowest BCUT2D eigenvalue weighted by atomic mass is 9.97. The summed E-state index contributed by atoms with van der Waals surface area (Å²) in [5, 5.41) is 0. The molecule has 2 aromatic rings. The summed E-state index contributed by atoms with van der Waals surface area (Å²) < 4.78 is 11.0. The molecule has 0 amide bonds. The minimum Gasteiger partial charge on any atom is -0.492 e. The van der Waals surface area contributed by atoms with Crippen LogP contribution >= 0.6 is 0 Å². The van der Waals surface area contributed by atoms with Gasteiger partial charge < -0.3 is 15.2 Å². The number of hydrogen-bond acceptors (Lipinski definition) is 3. The molecule has 1 aliphatic heterocycles. The van der Waals surface area contributed by atoms with Crippen LogP contribution in [0.4, 0.5) is 0 Å². The Morgan fingerprint density at radius 3 is 2.60 bits per heavy atom. The van der Waals surface area contributed by atoms with Gasteiger partial charge in [0.1, 0.15) is 12.4 Å². The van der Waals surface area contributed by atoms with Gasteiger partial charge in [-0.15, -0.1) is 0 Å². The fraction of sp³-hybridized carbons (Fsp3) is 0.294. The first-order valence-electron chi connectivity index (χ1n) is 6.99. The van der Waals surface area contributed by atoms with E-state index in [1.165, 1.54) is 22.3 Å². The second kappa shape index (κ2) is 6.07. The van der Waals surface area contributed by atoms with Crippen LogP contribution in [0, 0.1) is 0 Å². The fourth-order valence-corrected chi connectivity index (χ4v) is 2.46. The summed E-state index contributed by atoms with van der Waals surface area (Å²) in [6.45, 7) is 2.65. The van der Waals surface area contributed by atoms with E-state index in [4.69, 9.17) is 15.2 Å². The van der Waals surface area contributed by atoms with Crippen molar-refractivity contribution in [3.63, 3.8) is 0 Å². The average Bonchev–Trinajstić information content (AvgIpc) is 2.53. The van der Waals surface area contributed by atoms with Crippen molar-refractivity contribution >= 4 is 0 Å². The molecule has 1 heterocycles. The molecule has 3 heteroatoms. The maximum atomic E-state index is 5.50. The number of nitrogens with two attached hydrogens (primary N) is 1. The van der Waals surface area contributed by atoms with E-state index < -0.39 is 0 Å². The molecule has 0 atom stereocenters. The maximum absolute atomic E-state index is 5.50. The lowest BCUT2D eigenvalue weighted by Crippen LogP contribution is -2.10. The zero-order chi connectivity index (χ0) is 13.8. The minimum atomic E-state index is 0.536. The predicted octanol–water partition coefficient (Wildman–Crippen LogP) is 2.76. The number of rotatable bonds is 4. The van der Waals surface area contributed by atoms with E-state index in [9.17, 15) is 0 Å². The zero-order valence-corrected chi connectivity index (χ0v) is 11.5. The van der Waals surface area contributed by atoms with Crippen LogP contribution in [0.25, 0.3) is 11.1 Å². The summed E-state index contributed by atoms with van der Waals surface area (Å²) >= 11 is 0. The van der Waals surface area contributed by atoms with Crippen LogP contribution in [0.5, 0.6) is 5.75 Å². The first-order chi connectivity index (χ1) is 9.86. The van der Waals surface area contributed by atoms with Crippen molar-refractivity contribution in [3.05, 3.63) is 53.6 Å². The van der Waals surface area contributed by atoms with Crippen molar-refractivity contribution in [2.24, 2.45) is 5.73 Å². The fourth-order valence-electron chi connectivity index (χ4n) is 2.46. The van der Waals surface area contributed by atoms with Crippen LogP contribution in [-0.4, -0.2) is 19.8 Å². The van der Waals surface area contributed by atoms with Crippen molar-refractivity contribution in [1.82, 2.24) is 0 Å². The Morgan fingerprint density at radius 2 is 1.80 bits per heavy atom. The van der Waals surface area contributed by atoms with Gasteiger partial charge >= 0.3 is 0 Å². The Morgan fingerprint density at radius 1 is 1.00 bits per heavy atom. The van der Waals surface area contributed by atoms with Crippen molar-refractivity contribution in [1.29, 1.82) is 0 Å². The summed E-state index contributed by atoms with van der Waals surface area (Å²) in [6, 6.07) is 14.8. The number of hydrogen-bond donors (Lipinski definition) is 1. The van der Waals surface area contributed by atoms with Gasteiger partial charge in [0, 0.05) is 6.54 Å². The molecule has 0 aromatic heterocycles. The first kappa shape index (κ1) is 13.2. The van der Waals surface area contributed by atoms with E-state index in [0.717, 1.165) is 25.4 Å². The smallest absolute Gasteiger partial charge is 0.119 e. The lowest BCUT2D eigenvalue weighted by Gasteiger charge is -2.17. The van der Waals surface area contributed by atoms with Crippen molar-refractivity contribution in [2.45, 2.75) is 13.0 Å². The van der Waals surface area contributed by atoms with E-state index >= 15 is 0 Å². The standard InChI is InChI=1S/C17H19NO2/c18-8-10-20-17-5-3-13(4-6-17)14-1-2-16-12-19-9-7-15(16)11-14/h1-6,11H,7-10,12,18H2. The number of benzene rings is 2. The third kappa shape index (κ3) is 2.84. The number of fused-ring (bicyclic) bond motifs is 1. The highest BCUT2D eigenvalue weighted by molar-refractivity contribution is 5.65. The molecular formula is C17H19NO2. The van der Waals surface area contributed by atoms with Crippen molar-refractivity contribution in [2.75, 3.05) is 19.8 Å². The highest BCUT2D eigenvalue weighted by Crippen LogP contribution is 2.26. The molecule has 0 unspecified atom stereocenters. The molecule has 0 radical (unpaired) electrons. The van der Waals surface area contributed by atoms with Gasteiger partial charge in [-0.3, -0.25) is 0 Å². The van der Waals surface area contributed by atoms with Gasteiger partial charge in [-0.2, -0.15) is 0 Å². The van der Waals surface area contributed by atoms with Gasteiger partial charge in [0.15, 0.2) is 0 Å². The van der Waals surface area contributed by atoms with E-state index in [2.05, 4.69) is 30.3 Å². The third-order valence-corrected chi connectivity index (χ3v) is 3.55. The zero-order valence-electron chi connectivity index (χ0n) is 11.5. The van der Waals surface area contributed by atoms with Gasteiger partial charge in [-0.25, -0.2) is 0 Å². The summed E-state index contributed by atoms with van der Waals surface area (Å²) in [5.74, 6) is 0.866. The monoisotopic (exact) mass is 269 g/mol. The quantitative estimate of drug-likeness (QED) is 0.928. The summed E-state index contributed by atoms with van der Waals surface area (Å²) in [5.41, 5.74) is 10.6. The summed E-state index contributed by atoms with van der Waals surface area (Å²) in [7, 11) is 0. The molecule has 0 fully saturated rings. The SMILES string of the molecule is NCCOc1ccc(-c2ccc3c(c2)CCOC3)cc1. The van der Waals surface area contributed by atoms with Gasteiger partial charge in [0.05, 0.1) is 13.2 Å². The molecule has 0 spiro atoms. The Bertz CT molecular complexity index is 578. The molecule has 2 N–H and O–H groups in total. The van der Waals surface area contributed by atoms with Gasteiger partial charge in [0.25, 0.3) is 0 Å². The van der Waals surface area contributed by atoms with E-state index in [1.807, 2.05) is 12.1 Å². The highest BCUT2D eigenvalue weighted by Gasteiger charge is 2.10. The second-order valence-corrected chi connectivity index (χ2v) is 4.95. The van der Waals surface area contributed by atoms with E-state index in [0.29, 0.717) is 13.2 Å². The van der Waals surface area contributed by atoms with Crippen LogP contribution in [0.2, 0.25) is 0 Å². The number of ether oxygens (including phenoxy) is 2. The topological polar surface area (TPSA) is 44.5 Å². The van der Waals surface area contributed by atoms with Crippen LogP contribution < -0.4 is 10.5 Å². The molecule has 20 heavy (non-hydrogen) atoms. The molecule has 2 aromatic carbocycles. The molecule has 3 rings (SSSR count). The van der Waals surface area contributed by atoms with Gasteiger partial charge in [-0.05, 0) is 40.8 Å². The van der Waals surface area contributed by atoms with Gasteiger partial charge in [0.2, 0.25) is 0 Å². The third-order valence-electron chi connectivity index (χ3n) is 3.55. The first-order valence-corrected chi connectivity index (χ1v) is 6.99. The summed E-state index contributed by atoms with van der Waals surface area (Å²) in [6.07, 6.45) is 1.00. The maximum Gasteiger partial charge on any atom is 0.119 e. The van der Waals surface area contributed by atoms with Crippen LogP contribution in [0.15, 0.2) is 42.5 Å². The van der Waals surface area contributed by atoms with Crippen LogP contribution in [-0.2, 0) is 17.8 Å². The molecule has 0 bridgehead atoms. The Hall–Kier alpha value is -1.84. The molecule has 0 saturated heterocycles. The minimum absolute atomic E-state index is 0.536. The Kier molecular flexibility index (Phi) is 4.00. The molecule has 1 aliphatic rings. The lowest BCUT2D eigenvalue weighted by molar-refractivity contribution is 0.111. The Labute approximate surface area is 119 Å². The van der Waals surface area contributed by atoms with Crippen molar-refractivity contribution < 1.29 is 9.47 Å².